The average molecular weight is 175 g/mol. The van der Waals surface area contributed by atoms with Gasteiger partial charge in [0, 0.05) is 0 Å². The lowest BCUT2D eigenvalue weighted by Gasteiger charge is -2.05. The summed E-state index contributed by atoms with van der Waals surface area (Å²) in [5.41, 5.74) is 8.48. The molecule has 0 saturated heterocycles. The molecule has 13 heavy (non-hydrogen) atoms. The van der Waals surface area contributed by atoms with Crippen LogP contribution in [0.15, 0.2) is 24.3 Å². The molecule has 0 fully saturated rings. The molecular weight excluding hydrogens is 160 g/mol. The van der Waals surface area contributed by atoms with Crippen LogP contribution in [-0.4, -0.2) is 17.0 Å². The zero-order valence-corrected chi connectivity index (χ0v) is 7.96. The molecule has 68 valence electrons. The number of nitrogens with two attached hydrogens (primary N) is 1. The number of amidine groups is 1. The molecule has 0 atom stereocenters. The van der Waals surface area contributed by atoms with E-state index in [0.717, 1.165) is 18.8 Å². The van der Waals surface area contributed by atoms with Gasteiger partial charge in [0.2, 0.25) is 5.84 Å². The predicted octanol–water partition coefficient (Wildman–Crippen LogP) is 1.79. The van der Waals surface area contributed by atoms with Gasteiger partial charge < -0.3 is 0 Å². The molecule has 1 aromatic rings. The highest BCUT2D eigenvalue weighted by Crippen LogP contribution is 2.20. The van der Waals surface area contributed by atoms with Gasteiger partial charge in [0.1, 0.15) is 5.69 Å². The Morgan fingerprint density at radius 1 is 1.31 bits per heavy atom. The fourth-order valence-corrected chi connectivity index (χ4v) is 1.84. The Kier molecular flexibility index (Phi) is 2.05. The second-order valence-corrected chi connectivity index (χ2v) is 3.53. The maximum absolute atomic E-state index is 5.92. The number of hydrogen-bond acceptors (Lipinski definition) is 1. The number of aryl methyl sites for hydroxylation is 1. The third kappa shape index (κ3) is 1.44. The molecule has 0 aromatic heterocycles. The second kappa shape index (κ2) is 3.21. The third-order valence-electron chi connectivity index (χ3n) is 2.57. The molecule has 0 aliphatic carbocycles. The van der Waals surface area contributed by atoms with Crippen LogP contribution in [0.3, 0.4) is 0 Å². The molecule has 0 spiro atoms. The number of hydrogen-bond donors (Lipinski definition) is 1. The van der Waals surface area contributed by atoms with Crippen molar-refractivity contribution in [2.75, 3.05) is 6.54 Å². The van der Waals surface area contributed by atoms with Crippen LogP contribution in [0.1, 0.15) is 18.4 Å². The lowest BCUT2D eigenvalue weighted by molar-refractivity contribution is -0.432. The zero-order chi connectivity index (χ0) is 9.26. The van der Waals surface area contributed by atoms with Crippen LogP contribution in [0, 0.1) is 6.92 Å². The van der Waals surface area contributed by atoms with Crippen molar-refractivity contribution in [2.45, 2.75) is 19.8 Å². The number of benzene rings is 1. The van der Waals surface area contributed by atoms with Crippen LogP contribution in [0.5, 0.6) is 0 Å². The van der Waals surface area contributed by atoms with E-state index in [9.17, 15) is 0 Å². The van der Waals surface area contributed by atoms with E-state index in [2.05, 4.69) is 35.8 Å². The maximum Gasteiger partial charge on any atom is 0.247 e. The minimum Gasteiger partial charge on any atom is -0.291 e. The smallest absolute Gasteiger partial charge is 0.247 e. The molecule has 2 nitrogen and oxygen atoms in total. The standard InChI is InChI=1S/C11H14N2/c1-9-5-2-3-6-10(9)13-8-4-7-11(13)12/h2-3,5-6,12H,4,7-8H2,1H3/p+1. The first kappa shape index (κ1) is 8.30. The Morgan fingerprint density at radius 3 is 2.69 bits per heavy atom. The Morgan fingerprint density at radius 2 is 2.08 bits per heavy atom. The first-order valence-corrected chi connectivity index (χ1v) is 4.73. The number of para-hydroxylation sites is 1. The molecule has 1 aliphatic rings. The summed E-state index contributed by atoms with van der Waals surface area (Å²) in [4.78, 5) is 0. The van der Waals surface area contributed by atoms with Crippen LogP contribution in [-0.2, 0) is 0 Å². The van der Waals surface area contributed by atoms with E-state index >= 15 is 0 Å². The normalized spacial score (nSPS) is 16.7. The Bertz CT molecular complexity index is 353. The van der Waals surface area contributed by atoms with Crippen molar-refractivity contribution in [1.29, 1.82) is 0 Å². The highest BCUT2D eigenvalue weighted by atomic mass is 15.1. The van der Waals surface area contributed by atoms with Crippen LogP contribution < -0.4 is 5.73 Å². The minimum absolute atomic E-state index is 1.01. The maximum atomic E-state index is 5.92. The van der Waals surface area contributed by atoms with Gasteiger partial charge in [-0.15, -0.1) is 0 Å². The summed E-state index contributed by atoms with van der Waals surface area (Å²) in [5, 5.41) is 0. The summed E-state index contributed by atoms with van der Waals surface area (Å²) < 4.78 is 2.22. The van der Waals surface area contributed by atoms with E-state index in [4.69, 9.17) is 5.73 Å². The van der Waals surface area contributed by atoms with Crippen molar-refractivity contribution in [1.82, 2.24) is 0 Å². The Balaban J connectivity index is 2.46. The van der Waals surface area contributed by atoms with Gasteiger partial charge in [-0.25, -0.2) is 4.58 Å². The number of rotatable bonds is 1. The minimum atomic E-state index is 1.01. The summed E-state index contributed by atoms with van der Waals surface area (Å²) in [6, 6.07) is 8.38. The van der Waals surface area contributed by atoms with Crippen LogP contribution in [0.4, 0.5) is 5.69 Å². The quantitative estimate of drug-likeness (QED) is 0.648. The summed E-state index contributed by atoms with van der Waals surface area (Å²) in [7, 11) is 0. The van der Waals surface area contributed by atoms with Gasteiger partial charge in [-0.3, -0.25) is 5.73 Å². The van der Waals surface area contributed by atoms with Crippen molar-refractivity contribution >= 4 is 11.5 Å². The predicted molar refractivity (Wildman–Crippen MR) is 54.4 cm³/mol. The second-order valence-electron chi connectivity index (χ2n) is 3.53. The molecule has 0 unspecified atom stereocenters. The van der Waals surface area contributed by atoms with Crippen molar-refractivity contribution in [3.05, 3.63) is 29.8 Å². The van der Waals surface area contributed by atoms with E-state index < -0.39 is 0 Å². The summed E-state index contributed by atoms with van der Waals surface area (Å²) in [6.07, 6.45) is 2.22. The molecule has 2 N–H and O–H groups in total. The first-order valence-electron chi connectivity index (χ1n) is 4.73. The first-order chi connectivity index (χ1) is 6.29. The van der Waals surface area contributed by atoms with Gasteiger partial charge in [-0.2, -0.15) is 0 Å². The van der Waals surface area contributed by atoms with Gasteiger partial charge in [-0.1, -0.05) is 18.2 Å². The molecule has 1 aromatic carbocycles. The molecule has 0 bridgehead atoms. The van der Waals surface area contributed by atoms with Gasteiger partial charge in [0.25, 0.3) is 0 Å². The fraction of sp³-hybridized carbons (Fsp3) is 0.364. The molecule has 2 rings (SSSR count). The van der Waals surface area contributed by atoms with Gasteiger partial charge in [-0.05, 0) is 25.0 Å². The van der Waals surface area contributed by atoms with Gasteiger partial charge in [0.15, 0.2) is 0 Å². The Hall–Kier alpha value is -1.31. The molecular formula is C11H15N2+. The molecule has 0 saturated carbocycles. The Labute approximate surface area is 78.7 Å². The van der Waals surface area contributed by atoms with E-state index in [1.54, 1.807) is 0 Å². The van der Waals surface area contributed by atoms with E-state index in [-0.39, 0.29) is 0 Å². The number of nitrogens with zero attached hydrogens (tertiary/aromatic N) is 1. The van der Waals surface area contributed by atoms with Crippen LogP contribution in [0.2, 0.25) is 0 Å². The van der Waals surface area contributed by atoms with Gasteiger partial charge in [0.05, 0.1) is 13.0 Å². The SMILES string of the molecule is Cc1ccccc1[N+]1=C(N)CCC1. The van der Waals surface area contributed by atoms with E-state index in [1.807, 2.05) is 0 Å². The van der Waals surface area contributed by atoms with E-state index in [0.29, 0.717) is 0 Å². The van der Waals surface area contributed by atoms with Gasteiger partial charge >= 0.3 is 0 Å². The lowest BCUT2D eigenvalue weighted by atomic mass is 10.2. The fourth-order valence-electron chi connectivity index (χ4n) is 1.84. The summed E-state index contributed by atoms with van der Waals surface area (Å²) in [5.74, 6) is 1.01. The van der Waals surface area contributed by atoms with Crippen LogP contribution in [0.25, 0.3) is 0 Å². The topological polar surface area (TPSA) is 29.0 Å². The van der Waals surface area contributed by atoms with E-state index in [1.165, 1.54) is 17.7 Å². The van der Waals surface area contributed by atoms with Crippen molar-refractivity contribution < 1.29 is 4.58 Å². The summed E-state index contributed by atoms with van der Waals surface area (Å²) in [6.45, 7) is 3.19. The van der Waals surface area contributed by atoms with Crippen LogP contribution >= 0.6 is 0 Å². The van der Waals surface area contributed by atoms with Crippen molar-refractivity contribution in [2.24, 2.45) is 5.73 Å². The third-order valence-corrected chi connectivity index (χ3v) is 2.57. The van der Waals surface area contributed by atoms with Crippen molar-refractivity contribution in [3.8, 4) is 0 Å². The lowest BCUT2D eigenvalue weighted by Crippen LogP contribution is -2.18. The largest absolute Gasteiger partial charge is 0.291 e. The average Bonchev–Trinajstić information content (AvgIpc) is 2.52. The molecule has 0 amide bonds. The van der Waals surface area contributed by atoms with Crippen molar-refractivity contribution in [3.63, 3.8) is 0 Å². The highest BCUT2D eigenvalue weighted by molar-refractivity contribution is 5.77. The monoisotopic (exact) mass is 175 g/mol. The highest BCUT2D eigenvalue weighted by Gasteiger charge is 2.19. The molecule has 0 radical (unpaired) electrons. The molecule has 1 heterocycles. The molecule has 2 heteroatoms. The zero-order valence-electron chi connectivity index (χ0n) is 7.96. The summed E-state index contributed by atoms with van der Waals surface area (Å²) >= 11 is 0. The molecule has 1 aliphatic heterocycles.